The second-order valence-electron chi connectivity index (χ2n) is 12.4. The highest BCUT2D eigenvalue weighted by Gasteiger charge is 2.21. The molecule has 0 fully saturated rings. The summed E-state index contributed by atoms with van der Waals surface area (Å²) in [5.41, 5.74) is 10.5. The van der Waals surface area contributed by atoms with E-state index in [1.807, 2.05) is 66.1 Å². The number of fused-ring (bicyclic) bond motifs is 6. The summed E-state index contributed by atoms with van der Waals surface area (Å²) in [6, 6.07) is 54.6. The molecule has 5 heteroatoms. The summed E-state index contributed by atoms with van der Waals surface area (Å²) in [5.74, 6) is 0.668. The van der Waals surface area contributed by atoms with E-state index < -0.39 is 0 Å². The van der Waals surface area contributed by atoms with Gasteiger partial charge in [0.05, 0.1) is 17.1 Å². The molecule has 4 aromatic heterocycles. The van der Waals surface area contributed by atoms with E-state index in [1.165, 1.54) is 25.7 Å². The summed E-state index contributed by atoms with van der Waals surface area (Å²) < 4.78 is 9.31. The van der Waals surface area contributed by atoms with Gasteiger partial charge in [0.25, 0.3) is 0 Å². The molecule has 0 unspecified atom stereocenters. The molecule has 4 heterocycles. The van der Waals surface area contributed by atoms with Crippen LogP contribution in [0.3, 0.4) is 0 Å². The highest BCUT2D eigenvalue weighted by molar-refractivity contribution is 7.26. The van der Waals surface area contributed by atoms with Crippen LogP contribution in [0.15, 0.2) is 168 Å². The van der Waals surface area contributed by atoms with Gasteiger partial charge in [0.15, 0.2) is 5.82 Å². The molecule has 234 valence electrons. The number of nitrogens with zero attached hydrogens (tertiary/aromatic N) is 3. The van der Waals surface area contributed by atoms with Crippen molar-refractivity contribution in [2.45, 2.75) is 0 Å². The first kappa shape index (κ1) is 28.6. The smallest absolute Gasteiger partial charge is 0.160 e. The molecule has 0 aliphatic carbocycles. The largest absolute Gasteiger partial charge is 0.455 e. The fraction of sp³-hybridized carbons (Fsp3) is 0. The van der Waals surface area contributed by atoms with Gasteiger partial charge in [-0.2, -0.15) is 0 Å². The van der Waals surface area contributed by atoms with E-state index in [0.717, 1.165) is 66.8 Å². The summed E-state index contributed by atoms with van der Waals surface area (Å²) in [4.78, 5) is 15.0. The number of pyridine rings is 1. The predicted octanol–water partition coefficient (Wildman–Crippen LogP) is 12.5. The topological polar surface area (TPSA) is 51.8 Å². The minimum atomic E-state index is 0.668. The number of hydrogen-bond donors (Lipinski definition) is 0. The molecule has 0 radical (unpaired) electrons. The van der Waals surface area contributed by atoms with Gasteiger partial charge in [0.2, 0.25) is 0 Å². The molecule has 0 N–H and O–H groups in total. The minimum Gasteiger partial charge on any atom is -0.455 e. The van der Waals surface area contributed by atoms with E-state index in [4.69, 9.17) is 14.4 Å². The lowest BCUT2D eigenvalue weighted by Crippen LogP contribution is -1.96. The van der Waals surface area contributed by atoms with E-state index in [2.05, 4.69) is 114 Å². The molecule has 0 saturated carbocycles. The van der Waals surface area contributed by atoms with Gasteiger partial charge in [-0.05, 0) is 42.5 Å². The van der Waals surface area contributed by atoms with E-state index in [9.17, 15) is 0 Å². The lowest BCUT2D eigenvalue weighted by molar-refractivity contribution is 0.670. The monoisotopic (exact) mass is 657 g/mol. The lowest BCUT2D eigenvalue weighted by Gasteiger charge is -2.12. The minimum absolute atomic E-state index is 0.668. The van der Waals surface area contributed by atoms with Gasteiger partial charge < -0.3 is 4.42 Å². The fourth-order valence-electron chi connectivity index (χ4n) is 7.03. The molecular formula is C45H27N3OS. The standard InChI is InChI=1S/C45H27N3OS/c1-2-12-28(13-3-1)45-47-38(30-15-10-14-29(26-30)37-20-8-9-25-46-37)27-39(48-45)35-24-23-32(43-42(35)36-17-4-6-21-40(36)49-43)34-19-11-18-33-31-16-5-7-22-41(31)50-44(33)34/h1-27H. The zero-order valence-corrected chi connectivity index (χ0v) is 27.6. The van der Waals surface area contributed by atoms with Crippen LogP contribution in [0.2, 0.25) is 0 Å². The first-order valence-corrected chi connectivity index (χ1v) is 17.4. The molecule has 0 saturated heterocycles. The Kier molecular flexibility index (Phi) is 6.64. The number of furan rings is 1. The molecule has 50 heavy (non-hydrogen) atoms. The average molecular weight is 658 g/mol. The third-order valence-electron chi connectivity index (χ3n) is 9.37. The molecule has 10 rings (SSSR count). The van der Waals surface area contributed by atoms with Crippen molar-refractivity contribution in [2.75, 3.05) is 0 Å². The molecule has 0 amide bonds. The van der Waals surface area contributed by atoms with Crippen molar-refractivity contribution in [3.63, 3.8) is 0 Å². The van der Waals surface area contributed by atoms with E-state index in [-0.39, 0.29) is 0 Å². The van der Waals surface area contributed by atoms with Crippen molar-refractivity contribution < 1.29 is 4.42 Å². The quantitative estimate of drug-likeness (QED) is 0.185. The molecule has 0 atom stereocenters. The second kappa shape index (κ2) is 11.6. The maximum absolute atomic E-state index is 6.77. The van der Waals surface area contributed by atoms with Crippen LogP contribution < -0.4 is 0 Å². The highest BCUT2D eigenvalue weighted by atomic mass is 32.1. The second-order valence-corrected chi connectivity index (χ2v) is 13.4. The third kappa shape index (κ3) is 4.71. The zero-order valence-electron chi connectivity index (χ0n) is 26.7. The molecule has 6 aromatic carbocycles. The number of benzene rings is 6. The van der Waals surface area contributed by atoms with Crippen molar-refractivity contribution >= 4 is 53.4 Å². The Morgan fingerprint density at radius 2 is 1.16 bits per heavy atom. The molecule has 0 aliphatic heterocycles. The van der Waals surface area contributed by atoms with Crippen LogP contribution in [0.5, 0.6) is 0 Å². The Morgan fingerprint density at radius 3 is 2.04 bits per heavy atom. The maximum Gasteiger partial charge on any atom is 0.160 e. The number of thiophene rings is 1. The normalized spacial score (nSPS) is 11.6. The number of para-hydroxylation sites is 1. The van der Waals surface area contributed by atoms with Crippen molar-refractivity contribution in [1.82, 2.24) is 15.0 Å². The lowest BCUT2D eigenvalue weighted by atomic mass is 9.95. The third-order valence-corrected chi connectivity index (χ3v) is 10.6. The Hall–Kier alpha value is -6.43. The summed E-state index contributed by atoms with van der Waals surface area (Å²) >= 11 is 1.83. The predicted molar refractivity (Wildman–Crippen MR) is 207 cm³/mol. The maximum atomic E-state index is 6.77. The molecule has 0 spiro atoms. The van der Waals surface area contributed by atoms with E-state index >= 15 is 0 Å². The molecule has 0 bridgehead atoms. The Morgan fingerprint density at radius 1 is 0.460 bits per heavy atom. The summed E-state index contributed by atoms with van der Waals surface area (Å²) in [5, 5.41) is 4.64. The fourth-order valence-corrected chi connectivity index (χ4v) is 8.26. The van der Waals surface area contributed by atoms with Crippen molar-refractivity contribution in [3.8, 4) is 56.3 Å². The van der Waals surface area contributed by atoms with Gasteiger partial charge in [-0.3, -0.25) is 4.98 Å². The van der Waals surface area contributed by atoms with Gasteiger partial charge in [-0.15, -0.1) is 11.3 Å². The van der Waals surface area contributed by atoms with Crippen LogP contribution in [-0.2, 0) is 0 Å². The Balaban J connectivity index is 1.23. The van der Waals surface area contributed by atoms with E-state index in [0.29, 0.717) is 5.82 Å². The SMILES string of the molecule is c1ccc(-c2nc(-c3cccc(-c4ccccn4)c3)cc(-c3ccc(-c4cccc5c4sc4ccccc45)c4oc5ccccc5c34)n2)cc1. The van der Waals surface area contributed by atoms with Gasteiger partial charge in [0, 0.05) is 70.5 Å². The van der Waals surface area contributed by atoms with Gasteiger partial charge >= 0.3 is 0 Å². The Labute approximate surface area is 292 Å². The van der Waals surface area contributed by atoms with Gasteiger partial charge in [-0.25, -0.2) is 9.97 Å². The molecular weight excluding hydrogens is 631 g/mol. The van der Waals surface area contributed by atoms with E-state index in [1.54, 1.807) is 0 Å². The number of rotatable bonds is 5. The Bertz CT molecular complexity index is 2870. The van der Waals surface area contributed by atoms with Crippen LogP contribution in [0, 0.1) is 0 Å². The van der Waals surface area contributed by atoms with Crippen molar-refractivity contribution in [2.24, 2.45) is 0 Å². The molecule has 4 nitrogen and oxygen atoms in total. The van der Waals surface area contributed by atoms with Crippen molar-refractivity contribution in [1.29, 1.82) is 0 Å². The molecule has 0 aliphatic rings. The summed E-state index contributed by atoms with van der Waals surface area (Å²) in [6.07, 6.45) is 1.82. The molecule has 10 aromatic rings. The average Bonchev–Trinajstić information content (AvgIpc) is 3.78. The van der Waals surface area contributed by atoms with Crippen LogP contribution in [-0.4, -0.2) is 15.0 Å². The van der Waals surface area contributed by atoms with Crippen LogP contribution in [0.4, 0.5) is 0 Å². The van der Waals surface area contributed by atoms with Crippen LogP contribution >= 0.6 is 11.3 Å². The van der Waals surface area contributed by atoms with Crippen LogP contribution in [0.1, 0.15) is 0 Å². The first-order valence-electron chi connectivity index (χ1n) is 16.6. The highest BCUT2D eigenvalue weighted by Crippen LogP contribution is 2.46. The zero-order chi connectivity index (χ0) is 33.0. The van der Waals surface area contributed by atoms with Crippen LogP contribution in [0.25, 0.3) is 98.4 Å². The number of aromatic nitrogens is 3. The summed E-state index contributed by atoms with van der Waals surface area (Å²) in [6.45, 7) is 0. The first-order chi connectivity index (χ1) is 24.8. The van der Waals surface area contributed by atoms with Gasteiger partial charge in [0.1, 0.15) is 11.2 Å². The number of hydrogen-bond acceptors (Lipinski definition) is 5. The van der Waals surface area contributed by atoms with Crippen molar-refractivity contribution in [3.05, 3.63) is 164 Å². The van der Waals surface area contributed by atoms with Gasteiger partial charge in [-0.1, -0.05) is 115 Å². The summed E-state index contributed by atoms with van der Waals surface area (Å²) in [7, 11) is 0.